The summed E-state index contributed by atoms with van der Waals surface area (Å²) >= 11 is 4.96. The molecule has 2 aromatic carbocycles. The van der Waals surface area contributed by atoms with Gasteiger partial charge in [0.2, 0.25) is 0 Å². The van der Waals surface area contributed by atoms with Gasteiger partial charge in [-0.05, 0) is 43.4 Å². The fourth-order valence-corrected chi connectivity index (χ4v) is 2.17. The van der Waals surface area contributed by atoms with Crippen LogP contribution in [0.1, 0.15) is 17.3 Å². The summed E-state index contributed by atoms with van der Waals surface area (Å²) in [6.07, 6.45) is 0. The summed E-state index contributed by atoms with van der Waals surface area (Å²) < 4.78 is 18.7. The molecule has 0 unspecified atom stereocenters. The number of carbonyl (C=O) groups excluding carboxylic acids is 1. The maximum atomic E-state index is 13.5. The van der Waals surface area contributed by atoms with Crippen molar-refractivity contribution in [3.8, 4) is 5.75 Å². The van der Waals surface area contributed by atoms with Crippen LogP contribution in [0.4, 0.5) is 15.8 Å². The predicted octanol–water partition coefficient (Wildman–Crippen LogP) is 3.26. The summed E-state index contributed by atoms with van der Waals surface area (Å²) in [4.78, 5) is 22.6. The number of carbonyl (C=O) groups is 1. The van der Waals surface area contributed by atoms with Gasteiger partial charge in [0.1, 0.15) is 5.82 Å². The monoisotopic (exact) mass is 363 g/mol. The Labute approximate surface area is 148 Å². The number of para-hydroxylation sites is 1. The van der Waals surface area contributed by atoms with E-state index in [1.54, 1.807) is 13.0 Å². The minimum Gasteiger partial charge on any atom is -0.487 e. The molecule has 2 rings (SSSR count). The van der Waals surface area contributed by atoms with Gasteiger partial charge >= 0.3 is 5.69 Å². The molecule has 7 nitrogen and oxygen atoms in total. The summed E-state index contributed by atoms with van der Waals surface area (Å²) in [6.45, 7) is 1.94. The van der Waals surface area contributed by atoms with Gasteiger partial charge in [-0.1, -0.05) is 12.1 Å². The number of benzene rings is 2. The van der Waals surface area contributed by atoms with Crippen molar-refractivity contribution in [2.75, 3.05) is 11.9 Å². The quantitative estimate of drug-likeness (QED) is 0.481. The summed E-state index contributed by atoms with van der Waals surface area (Å²) in [7, 11) is 0. The zero-order valence-electron chi connectivity index (χ0n) is 13.1. The molecule has 25 heavy (non-hydrogen) atoms. The Morgan fingerprint density at radius 1 is 1.32 bits per heavy atom. The molecule has 2 N–H and O–H groups in total. The molecule has 0 fully saturated rings. The molecule has 0 heterocycles. The fraction of sp³-hybridized carbons (Fsp3) is 0.125. The number of nitrogens with one attached hydrogen (secondary N) is 2. The van der Waals surface area contributed by atoms with Gasteiger partial charge in [0, 0.05) is 11.6 Å². The van der Waals surface area contributed by atoms with Gasteiger partial charge in [-0.15, -0.1) is 0 Å². The zero-order chi connectivity index (χ0) is 18.4. The van der Waals surface area contributed by atoms with E-state index in [9.17, 15) is 19.3 Å². The molecule has 0 saturated carbocycles. The van der Waals surface area contributed by atoms with Crippen LogP contribution in [0.2, 0.25) is 0 Å². The van der Waals surface area contributed by atoms with E-state index >= 15 is 0 Å². The molecular formula is C16H14FN3O4S. The van der Waals surface area contributed by atoms with Gasteiger partial charge < -0.3 is 10.1 Å². The lowest BCUT2D eigenvalue weighted by Crippen LogP contribution is -2.34. The molecule has 2 aromatic rings. The number of rotatable bonds is 5. The van der Waals surface area contributed by atoms with Gasteiger partial charge in [-0.3, -0.25) is 20.2 Å². The molecule has 0 bridgehead atoms. The van der Waals surface area contributed by atoms with Crippen molar-refractivity contribution in [1.29, 1.82) is 0 Å². The van der Waals surface area contributed by atoms with E-state index in [1.807, 2.05) is 0 Å². The number of nitro benzene ring substituents is 1. The maximum Gasteiger partial charge on any atom is 0.311 e. The highest BCUT2D eigenvalue weighted by Crippen LogP contribution is 2.28. The number of nitro groups is 1. The standard InChI is InChI=1S/C16H14FN3O4S/c1-2-24-14-8-7-10(9-13(14)20(22)23)15(21)19-16(25)18-12-6-4-3-5-11(12)17/h3-9H,2H2,1H3,(H2,18,19,21,25). The van der Waals surface area contributed by atoms with E-state index < -0.39 is 16.6 Å². The average Bonchev–Trinajstić information content (AvgIpc) is 2.57. The number of hydrogen-bond donors (Lipinski definition) is 2. The molecule has 0 saturated heterocycles. The Balaban J connectivity index is 2.12. The van der Waals surface area contributed by atoms with Gasteiger partial charge in [-0.25, -0.2) is 4.39 Å². The van der Waals surface area contributed by atoms with Crippen LogP contribution in [0, 0.1) is 15.9 Å². The lowest BCUT2D eigenvalue weighted by Gasteiger charge is -2.11. The smallest absolute Gasteiger partial charge is 0.311 e. The van der Waals surface area contributed by atoms with Crippen molar-refractivity contribution < 1.29 is 18.8 Å². The second-order valence-electron chi connectivity index (χ2n) is 4.76. The Kier molecular flexibility index (Phi) is 5.96. The number of halogens is 1. The van der Waals surface area contributed by atoms with E-state index in [0.29, 0.717) is 0 Å². The second-order valence-corrected chi connectivity index (χ2v) is 5.17. The van der Waals surface area contributed by atoms with Crippen LogP contribution in [-0.4, -0.2) is 22.5 Å². The zero-order valence-corrected chi connectivity index (χ0v) is 13.9. The van der Waals surface area contributed by atoms with Crippen molar-refractivity contribution in [3.63, 3.8) is 0 Å². The van der Waals surface area contributed by atoms with E-state index in [-0.39, 0.29) is 34.4 Å². The average molecular weight is 363 g/mol. The van der Waals surface area contributed by atoms with Crippen molar-refractivity contribution in [3.05, 3.63) is 64.0 Å². The number of nitrogens with zero attached hydrogens (tertiary/aromatic N) is 1. The first-order valence-corrected chi connectivity index (χ1v) is 7.61. The normalized spacial score (nSPS) is 10.0. The fourth-order valence-electron chi connectivity index (χ4n) is 1.97. The van der Waals surface area contributed by atoms with Crippen LogP contribution in [0.5, 0.6) is 5.75 Å². The highest BCUT2D eigenvalue weighted by molar-refractivity contribution is 7.80. The van der Waals surface area contributed by atoms with E-state index in [4.69, 9.17) is 17.0 Å². The number of anilines is 1. The number of amides is 1. The molecule has 0 atom stereocenters. The highest BCUT2D eigenvalue weighted by Gasteiger charge is 2.19. The third-order valence-electron chi connectivity index (χ3n) is 3.07. The molecule has 9 heteroatoms. The molecule has 0 spiro atoms. The lowest BCUT2D eigenvalue weighted by molar-refractivity contribution is -0.385. The maximum absolute atomic E-state index is 13.5. The Morgan fingerprint density at radius 3 is 2.68 bits per heavy atom. The third kappa shape index (κ3) is 4.70. The predicted molar refractivity (Wildman–Crippen MR) is 94.4 cm³/mol. The first kappa shape index (κ1) is 18.3. The number of thiocarbonyl (C=S) groups is 1. The molecule has 0 aliphatic rings. The summed E-state index contributed by atoms with van der Waals surface area (Å²) in [5.41, 5.74) is -0.208. The van der Waals surface area contributed by atoms with Crippen molar-refractivity contribution in [2.45, 2.75) is 6.92 Å². The molecule has 0 radical (unpaired) electrons. The van der Waals surface area contributed by atoms with Gasteiger partial charge in [-0.2, -0.15) is 0 Å². The lowest BCUT2D eigenvalue weighted by atomic mass is 10.1. The molecule has 0 aromatic heterocycles. The molecule has 0 aliphatic heterocycles. The SMILES string of the molecule is CCOc1ccc(C(=O)NC(=S)Nc2ccccc2F)cc1[N+](=O)[O-]. The number of ether oxygens (including phenoxy) is 1. The minimum absolute atomic E-state index is 0.0211. The second kappa shape index (κ2) is 8.15. The minimum atomic E-state index is -0.667. The van der Waals surface area contributed by atoms with E-state index in [2.05, 4.69) is 10.6 Å². The van der Waals surface area contributed by atoms with Crippen LogP contribution in [0.15, 0.2) is 42.5 Å². The highest BCUT2D eigenvalue weighted by atomic mass is 32.1. The van der Waals surface area contributed by atoms with Gasteiger partial charge in [0.15, 0.2) is 10.9 Å². The molecular weight excluding hydrogens is 349 g/mol. The first-order chi connectivity index (χ1) is 11.9. The van der Waals surface area contributed by atoms with Crippen molar-refractivity contribution in [2.24, 2.45) is 0 Å². The van der Waals surface area contributed by atoms with Crippen LogP contribution in [0.25, 0.3) is 0 Å². The first-order valence-electron chi connectivity index (χ1n) is 7.20. The van der Waals surface area contributed by atoms with E-state index in [0.717, 1.165) is 6.07 Å². The topological polar surface area (TPSA) is 93.5 Å². The summed E-state index contributed by atoms with van der Waals surface area (Å²) in [6, 6.07) is 9.61. The van der Waals surface area contributed by atoms with Crippen LogP contribution >= 0.6 is 12.2 Å². The van der Waals surface area contributed by atoms with Crippen LogP contribution in [-0.2, 0) is 0 Å². The molecule has 130 valence electrons. The van der Waals surface area contributed by atoms with Crippen molar-refractivity contribution >= 4 is 34.6 Å². The Bertz CT molecular complexity index is 829. The Morgan fingerprint density at radius 2 is 2.04 bits per heavy atom. The van der Waals surface area contributed by atoms with Crippen LogP contribution in [0.3, 0.4) is 0 Å². The molecule has 1 amide bonds. The van der Waals surface area contributed by atoms with Crippen molar-refractivity contribution in [1.82, 2.24) is 5.32 Å². The molecule has 0 aliphatic carbocycles. The van der Waals surface area contributed by atoms with Crippen LogP contribution < -0.4 is 15.4 Å². The Hall–Kier alpha value is -3.07. The van der Waals surface area contributed by atoms with Gasteiger partial charge in [0.05, 0.1) is 17.2 Å². The number of hydrogen-bond acceptors (Lipinski definition) is 5. The van der Waals surface area contributed by atoms with Gasteiger partial charge in [0.25, 0.3) is 5.91 Å². The third-order valence-corrected chi connectivity index (χ3v) is 3.27. The van der Waals surface area contributed by atoms with E-state index in [1.165, 1.54) is 30.3 Å². The largest absolute Gasteiger partial charge is 0.487 e. The summed E-state index contributed by atoms with van der Waals surface area (Å²) in [5.74, 6) is -1.13. The summed E-state index contributed by atoms with van der Waals surface area (Å²) in [5, 5.41) is 15.8.